The molecule has 0 spiro atoms. The Kier molecular flexibility index (Phi) is 10.6. The van der Waals surface area contributed by atoms with Gasteiger partial charge in [0, 0.05) is 0 Å². The molecule has 19 heavy (non-hydrogen) atoms. The summed E-state index contributed by atoms with van der Waals surface area (Å²) < 4.78 is 30.4. The average molecular weight is 294 g/mol. The van der Waals surface area contributed by atoms with E-state index in [-0.39, 0.29) is 6.10 Å². The largest absolute Gasteiger partial charge is 0.393 e. The third-order valence-electron chi connectivity index (χ3n) is 3.55. The summed E-state index contributed by atoms with van der Waals surface area (Å²) in [6, 6.07) is 0. The van der Waals surface area contributed by atoms with Crippen molar-refractivity contribution in [3.05, 3.63) is 0 Å². The topological polar surface area (TPSA) is 74.6 Å². The first-order valence-corrected chi connectivity index (χ1v) is 9.02. The lowest BCUT2D eigenvalue weighted by Crippen LogP contribution is -2.16. The highest BCUT2D eigenvalue weighted by Gasteiger charge is 2.16. The lowest BCUT2D eigenvalue weighted by atomic mass is 10.0. The molecule has 0 aliphatic heterocycles. The van der Waals surface area contributed by atoms with Crippen LogP contribution in [0.3, 0.4) is 0 Å². The highest BCUT2D eigenvalue weighted by atomic mass is 32.2. The molecule has 0 rings (SSSR count). The zero-order valence-corrected chi connectivity index (χ0v) is 13.2. The zero-order chi connectivity index (χ0) is 14.7. The van der Waals surface area contributed by atoms with Gasteiger partial charge >= 0.3 is 0 Å². The second-order valence-corrected chi connectivity index (χ2v) is 7.30. The van der Waals surface area contributed by atoms with Crippen LogP contribution in [-0.4, -0.2) is 29.4 Å². The van der Waals surface area contributed by atoms with Gasteiger partial charge in [-0.2, -0.15) is 8.42 Å². The molecule has 0 aliphatic rings. The van der Waals surface area contributed by atoms with Crippen molar-refractivity contribution in [3.63, 3.8) is 0 Å². The number of rotatable bonds is 12. The van der Waals surface area contributed by atoms with Gasteiger partial charge in [-0.15, -0.1) is 0 Å². The molecule has 0 aromatic heterocycles. The zero-order valence-electron chi connectivity index (χ0n) is 12.3. The lowest BCUT2D eigenvalue weighted by Gasteiger charge is -2.11. The summed E-state index contributed by atoms with van der Waals surface area (Å²) in [5, 5.41) is 9.07. The molecule has 0 saturated heterocycles. The summed E-state index contributed by atoms with van der Waals surface area (Å²) in [6.45, 7) is 3.70. The van der Waals surface area contributed by atoms with Crippen LogP contribution in [-0.2, 0) is 10.1 Å². The Morgan fingerprint density at radius 2 is 1.37 bits per heavy atom. The van der Waals surface area contributed by atoms with Gasteiger partial charge in [0.25, 0.3) is 10.1 Å². The maximum absolute atomic E-state index is 10.8. The molecule has 0 amide bonds. The SMILES string of the molecule is CCCCCCCC(O)CCCCC(C)S(=O)(=O)O. The molecule has 5 heteroatoms. The van der Waals surface area contributed by atoms with E-state index in [0.29, 0.717) is 6.42 Å². The predicted molar refractivity (Wildman–Crippen MR) is 78.9 cm³/mol. The van der Waals surface area contributed by atoms with Gasteiger partial charge in [0.15, 0.2) is 0 Å². The van der Waals surface area contributed by atoms with Crippen LogP contribution in [0, 0.1) is 0 Å². The molecule has 4 nitrogen and oxygen atoms in total. The van der Waals surface area contributed by atoms with Crippen LogP contribution in [0.15, 0.2) is 0 Å². The standard InChI is InChI=1S/C14H30O4S/c1-3-4-5-6-7-11-14(15)12-9-8-10-13(2)19(16,17)18/h13-15H,3-12H2,1-2H3,(H,16,17,18). The van der Waals surface area contributed by atoms with E-state index in [1.165, 1.54) is 32.6 Å². The van der Waals surface area contributed by atoms with Crippen molar-refractivity contribution >= 4 is 10.1 Å². The van der Waals surface area contributed by atoms with Crippen molar-refractivity contribution < 1.29 is 18.1 Å². The Morgan fingerprint density at radius 1 is 0.895 bits per heavy atom. The van der Waals surface area contributed by atoms with Gasteiger partial charge in [-0.25, -0.2) is 0 Å². The molecule has 0 aromatic carbocycles. The summed E-state index contributed by atoms with van der Waals surface area (Å²) in [4.78, 5) is 0. The van der Waals surface area contributed by atoms with Crippen LogP contribution >= 0.6 is 0 Å². The molecule has 0 bridgehead atoms. The van der Waals surface area contributed by atoms with Gasteiger partial charge in [0.2, 0.25) is 0 Å². The molecular weight excluding hydrogens is 264 g/mol. The molecule has 116 valence electrons. The van der Waals surface area contributed by atoms with Gasteiger partial charge in [0.05, 0.1) is 11.4 Å². The number of aliphatic hydroxyl groups excluding tert-OH is 1. The molecule has 2 atom stereocenters. The number of aliphatic hydroxyl groups is 1. The minimum atomic E-state index is -3.89. The molecule has 0 saturated carbocycles. The smallest absolute Gasteiger partial charge is 0.267 e. The van der Waals surface area contributed by atoms with Crippen molar-refractivity contribution in [2.45, 2.75) is 89.4 Å². The highest BCUT2D eigenvalue weighted by Crippen LogP contribution is 2.14. The van der Waals surface area contributed by atoms with Gasteiger partial charge in [-0.05, 0) is 26.2 Å². The average Bonchev–Trinajstić information content (AvgIpc) is 2.33. The van der Waals surface area contributed by atoms with Crippen LogP contribution in [0.25, 0.3) is 0 Å². The van der Waals surface area contributed by atoms with Gasteiger partial charge in [-0.1, -0.05) is 51.9 Å². The predicted octanol–water partition coefficient (Wildman–Crippen LogP) is 3.54. The van der Waals surface area contributed by atoms with Gasteiger partial charge in [0.1, 0.15) is 0 Å². The Balaban J connectivity index is 3.46. The van der Waals surface area contributed by atoms with E-state index in [9.17, 15) is 13.5 Å². The monoisotopic (exact) mass is 294 g/mol. The molecule has 0 fully saturated rings. The Hall–Kier alpha value is -0.130. The Labute approximate surface area is 118 Å². The number of hydrogen-bond donors (Lipinski definition) is 2. The Bertz CT molecular complexity index is 301. The maximum atomic E-state index is 10.8. The Morgan fingerprint density at radius 3 is 1.89 bits per heavy atom. The van der Waals surface area contributed by atoms with Crippen LogP contribution in [0.1, 0.15) is 78.1 Å². The number of hydrogen-bond acceptors (Lipinski definition) is 3. The van der Waals surface area contributed by atoms with Crippen molar-refractivity contribution in [1.29, 1.82) is 0 Å². The third kappa shape index (κ3) is 11.4. The van der Waals surface area contributed by atoms with Gasteiger partial charge < -0.3 is 5.11 Å². The van der Waals surface area contributed by atoms with Crippen molar-refractivity contribution in [2.24, 2.45) is 0 Å². The second kappa shape index (κ2) is 10.6. The second-order valence-electron chi connectivity index (χ2n) is 5.47. The van der Waals surface area contributed by atoms with E-state index >= 15 is 0 Å². The molecule has 0 aromatic rings. The molecule has 2 N–H and O–H groups in total. The first kappa shape index (κ1) is 18.9. The quantitative estimate of drug-likeness (QED) is 0.426. The molecular formula is C14H30O4S. The maximum Gasteiger partial charge on any atom is 0.267 e. The van der Waals surface area contributed by atoms with E-state index in [1.807, 2.05) is 0 Å². The van der Waals surface area contributed by atoms with E-state index in [2.05, 4.69) is 6.92 Å². The van der Waals surface area contributed by atoms with Crippen molar-refractivity contribution in [1.82, 2.24) is 0 Å². The molecule has 0 radical (unpaired) electrons. The fourth-order valence-electron chi connectivity index (χ4n) is 2.09. The minimum absolute atomic E-state index is 0.261. The number of unbranched alkanes of at least 4 members (excludes halogenated alkanes) is 5. The molecule has 0 aliphatic carbocycles. The minimum Gasteiger partial charge on any atom is -0.393 e. The molecule has 2 unspecified atom stereocenters. The normalized spacial score (nSPS) is 15.4. The van der Waals surface area contributed by atoms with E-state index in [4.69, 9.17) is 4.55 Å². The fraction of sp³-hybridized carbons (Fsp3) is 1.00. The first-order chi connectivity index (χ1) is 8.88. The van der Waals surface area contributed by atoms with E-state index < -0.39 is 15.4 Å². The third-order valence-corrected chi connectivity index (χ3v) is 4.80. The van der Waals surface area contributed by atoms with Crippen LogP contribution in [0.2, 0.25) is 0 Å². The summed E-state index contributed by atoms with van der Waals surface area (Å²) >= 11 is 0. The summed E-state index contributed by atoms with van der Waals surface area (Å²) in [6.07, 6.45) is 9.32. The molecule has 0 heterocycles. The van der Waals surface area contributed by atoms with Crippen molar-refractivity contribution in [2.75, 3.05) is 0 Å². The van der Waals surface area contributed by atoms with Crippen LogP contribution in [0.5, 0.6) is 0 Å². The van der Waals surface area contributed by atoms with Gasteiger partial charge in [-0.3, -0.25) is 4.55 Å². The summed E-state index contributed by atoms with van der Waals surface area (Å²) in [7, 11) is -3.89. The van der Waals surface area contributed by atoms with Crippen LogP contribution < -0.4 is 0 Å². The first-order valence-electron chi connectivity index (χ1n) is 7.52. The lowest BCUT2D eigenvalue weighted by molar-refractivity contribution is 0.147. The fourth-order valence-corrected chi connectivity index (χ4v) is 2.55. The summed E-state index contributed by atoms with van der Waals surface area (Å²) in [5.74, 6) is 0. The summed E-state index contributed by atoms with van der Waals surface area (Å²) in [5.41, 5.74) is 0. The highest BCUT2D eigenvalue weighted by molar-refractivity contribution is 7.86. The van der Waals surface area contributed by atoms with Crippen LogP contribution in [0.4, 0.5) is 0 Å². The van der Waals surface area contributed by atoms with E-state index in [0.717, 1.165) is 32.1 Å². The van der Waals surface area contributed by atoms with Crippen molar-refractivity contribution in [3.8, 4) is 0 Å². The van der Waals surface area contributed by atoms with E-state index in [1.54, 1.807) is 0 Å².